The summed E-state index contributed by atoms with van der Waals surface area (Å²) >= 11 is 0. The van der Waals surface area contributed by atoms with Gasteiger partial charge in [0.15, 0.2) is 5.65 Å². The monoisotopic (exact) mass is 331 g/mol. The van der Waals surface area contributed by atoms with Crippen molar-refractivity contribution in [3.8, 4) is 11.3 Å². The molecule has 7 heteroatoms. The lowest BCUT2D eigenvalue weighted by atomic mass is 9.96. The van der Waals surface area contributed by atoms with Crippen molar-refractivity contribution >= 4 is 18.1 Å². The van der Waals surface area contributed by atoms with Crippen molar-refractivity contribution in [3.63, 3.8) is 0 Å². The summed E-state index contributed by atoms with van der Waals surface area (Å²) in [5, 5.41) is 8.05. The number of rotatable bonds is 2. The molecule has 1 unspecified atom stereocenters. The summed E-state index contributed by atoms with van der Waals surface area (Å²) in [6.07, 6.45) is 5.76. The van der Waals surface area contributed by atoms with Gasteiger partial charge >= 0.3 is 0 Å². The topological polar surface area (TPSA) is 75.1 Å². The molecule has 6 nitrogen and oxygen atoms in total. The van der Waals surface area contributed by atoms with Crippen LogP contribution in [0.5, 0.6) is 0 Å². The highest BCUT2D eigenvalue weighted by Gasteiger charge is 2.19. The fourth-order valence-corrected chi connectivity index (χ4v) is 3.08. The molecule has 0 amide bonds. The Morgan fingerprint density at radius 1 is 1.30 bits per heavy atom. The van der Waals surface area contributed by atoms with Gasteiger partial charge in [0.2, 0.25) is 0 Å². The molecule has 0 aliphatic carbocycles. The molecule has 1 atom stereocenters. The van der Waals surface area contributed by atoms with E-state index in [9.17, 15) is 4.79 Å². The third-order valence-electron chi connectivity index (χ3n) is 4.20. The number of hydrogen-bond donors (Lipinski definition) is 2. The highest BCUT2D eigenvalue weighted by molar-refractivity contribution is 5.85. The molecule has 23 heavy (non-hydrogen) atoms. The minimum Gasteiger partial charge on any atom is -0.329 e. The van der Waals surface area contributed by atoms with Gasteiger partial charge in [0.25, 0.3) is 5.56 Å². The second-order valence-electron chi connectivity index (χ2n) is 5.63. The summed E-state index contributed by atoms with van der Waals surface area (Å²) in [4.78, 5) is 19.0. The Balaban J connectivity index is 0.00000156. The molecule has 0 saturated carbocycles. The quantitative estimate of drug-likeness (QED) is 0.753. The van der Waals surface area contributed by atoms with Crippen molar-refractivity contribution in [1.29, 1.82) is 0 Å². The van der Waals surface area contributed by atoms with Crippen LogP contribution in [0.25, 0.3) is 16.9 Å². The third-order valence-corrected chi connectivity index (χ3v) is 4.20. The first-order chi connectivity index (χ1) is 10.8. The van der Waals surface area contributed by atoms with Crippen molar-refractivity contribution in [2.24, 2.45) is 0 Å². The fraction of sp³-hybridized carbons (Fsp3) is 0.312. The number of aromatic nitrogens is 4. The maximum atomic E-state index is 11.9. The molecular formula is C16H18ClN5O. The van der Waals surface area contributed by atoms with Gasteiger partial charge in [-0.2, -0.15) is 5.10 Å². The zero-order valence-corrected chi connectivity index (χ0v) is 13.3. The van der Waals surface area contributed by atoms with Gasteiger partial charge in [0.1, 0.15) is 5.69 Å². The van der Waals surface area contributed by atoms with Crippen LogP contribution < -0.4 is 10.9 Å². The second-order valence-corrected chi connectivity index (χ2v) is 5.63. The minimum absolute atomic E-state index is 0. The summed E-state index contributed by atoms with van der Waals surface area (Å²) in [5.41, 5.74) is 3.02. The van der Waals surface area contributed by atoms with Gasteiger partial charge in [0.05, 0.1) is 11.3 Å². The SMILES string of the molecule is Cl.O=c1[nH]cccc1-c1cc2nccc(C3CCCNC3)n2n1. The van der Waals surface area contributed by atoms with E-state index in [1.807, 2.05) is 22.8 Å². The zero-order chi connectivity index (χ0) is 14.9. The lowest BCUT2D eigenvalue weighted by Gasteiger charge is -2.23. The predicted octanol–water partition coefficient (Wildman–Crippen LogP) is 1.97. The van der Waals surface area contributed by atoms with Crippen LogP contribution in [-0.4, -0.2) is 32.7 Å². The van der Waals surface area contributed by atoms with E-state index in [1.54, 1.807) is 18.3 Å². The van der Waals surface area contributed by atoms with E-state index in [-0.39, 0.29) is 18.0 Å². The molecular weight excluding hydrogens is 314 g/mol. The Kier molecular flexibility index (Phi) is 4.45. The molecule has 3 aromatic rings. The van der Waals surface area contributed by atoms with E-state index < -0.39 is 0 Å². The first-order valence-electron chi connectivity index (χ1n) is 7.56. The van der Waals surface area contributed by atoms with Crippen molar-refractivity contribution in [3.05, 3.63) is 52.7 Å². The smallest absolute Gasteiger partial charge is 0.257 e. The Labute approximate surface area is 139 Å². The molecule has 0 bridgehead atoms. The molecule has 3 aromatic heterocycles. The van der Waals surface area contributed by atoms with Crippen molar-refractivity contribution < 1.29 is 0 Å². The van der Waals surface area contributed by atoms with Gasteiger partial charge in [-0.15, -0.1) is 12.4 Å². The Morgan fingerprint density at radius 3 is 3.00 bits per heavy atom. The zero-order valence-electron chi connectivity index (χ0n) is 12.5. The van der Waals surface area contributed by atoms with Gasteiger partial charge in [0, 0.05) is 30.9 Å². The number of nitrogens with one attached hydrogen (secondary N) is 2. The number of hydrogen-bond acceptors (Lipinski definition) is 4. The average Bonchev–Trinajstić information content (AvgIpc) is 3.00. The summed E-state index contributed by atoms with van der Waals surface area (Å²) in [6.45, 7) is 2.04. The lowest BCUT2D eigenvalue weighted by molar-refractivity contribution is 0.448. The van der Waals surface area contributed by atoms with E-state index in [0.29, 0.717) is 17.2 Å². The second kappa shape index (κ2) is 6.52. The summed E-state index contributed by atoms with van der Waals surface area (Å²) in [6, 6.07) is 7.48. The van der Waals surface area contributed by atoms with Crippen molar-refractivity contribution in [2.75, 3.05) is 13.1 Å². The molecule has 0 aromatic carbocycles. The van der Waals surface area contributed by atoms with Crippen LogP contribution in [0.4, 0.5) is 0 Å². The predicted molar refractivity (Wildman–Crippen MR) is 91.1 cm³/mol. The van der Waals surface area contributed by atoms with Gasteiger partial charge in [-0.3, -0.25) is 4.79 Å². The van der Waals surface area contributed by atoms with E-state index in [4.69, 9.17) is 0 Å². The maximum absolute atomic E-state index is 11.9. The number of aromatic amines is 1. The number of nitrogens with zero attached hydrogens (tertiary/aromatic N) is 3. The summed E-state index contributed by atoms with van der Waals surface area (Å²) < 4.78 is 1.87. The van der Waals surface area contributed by atoms with E-state index >= 15 is 0 Å². The molecule has 0 spiro atoms. The van der Waals surface area contributed by atoms with Crippen molar-refractivity contribution in [1.82, 2.24) is 24.9 Å². The van der Waals surface area contributed by atoms with Crippen LogP contribution in [0, 0.1) is 0 Å². The highest BCUT2D eigenvalue weighted by Crippen LogP contribution is 2.24. The summed E-state index contributed by atoms with van der Waals surface area (Å²) in [5.74, 6) is 0.432. The molecule has 0 radical (unpaired) electrons. The summed E-state index contributed by atoms with van der Waals surface area (Å²) in [7, 11) is 0. The van der Waals surface area contributed by atoms with E-state index in [0.717, 1.165) is 30.9 Å². The number of H-pyrrole nitrogens is 1. The van der Waals surface area contributed by atoms with Gasteiger partial charge in [-0.25, -0.2) is 9.50 Å². The largest absolute Gasteiger partial charge is 0.329 e. The standard InChI is InChI=1S/C16H17N5O.ClH/c22-16-12(4-2-7-19-16)13-9-15-18-8-5-14(21(15)20-13)11-3-1-6-17-10-11;/h2,4-5,7-9,11,17H,1,3,6,10H2,(H,19,22);1H. The Morgan fingerprint density at radius 2 is 2.22 bits per heavy atom. The molecule has 4 heterocycles. The number of fused-ring (bicyclic) bond motifs is 1. The number of pyridine rings is 1. The highest BCUT2D eigenvalue weighted by atomic mass is 35.5. The van der Waals surface area contributed by atoms with Crippen LogP contribution in [-0.2, 0) is 0 Å². The molecule has 4 rings (SSSR count). The van der Waals surface area contributed by atoms with Gasteiger partial charge in [-0.05, 0) is 37.6 Å². The third kappa shape index (κ3) is 2.87. The molecule has 120 valence electrons. The van der Waals surface area contributed by atoms with Crippen LogP contribution >= 0.6 is 12.4 Å². The number of piperidine rings is 1. The van der Waals surface area contributed by atoms with Crippen LogP contribution in [0.1, 0.15) is 24.5 Å². The molecule has 2 N–H and O–H groups in total. The first kappa shape index (κ1) is 15.7. The van der Waals surface area contributed by atoms with Crippen LogP contribution in [0.15, 0.2) is 41.5 Å². The van der Waals surface area contributed by atoms with Crippen molar-refractivity contribution in [2.45, 2.75) is 18.8 Å². The fourth-order valence-electron chi connectivity index (χ4n) is 3.08. The van der Waals surface area contributed by atoms with Crippen LogP contribution in [0.3, 0.4) is 0 Å². The Hall–Kier alpha value is -2.18. The van der Waals surface area contributed by atoms with E-state index in [2.05, 4.69) is 20.4 Å². The maximum Gasteiger partial charge on any atom is 0.257 e. The molecule has 1 fully saturated rings. The molecule has 1 aliphatic heterocycles. The minimum atomic E-state index is -0.133. The number of halogens is 1. The van der Waals surface area contributed by atoms with E-state index in [1.165, 1.54) is 6.42 Å². The Bertz CT molecular complexity index is 866. The average molecular weight is 332 g/mol. The van der Waals surface area contributed by atoms with Gasteiger partial charge in [-0.1, -0.05) is 0 Å². The first-order valence-corrected chi connectivity index (χ1v) is 7.56. The lowest BCUT2D eigenvalue weighted by Crippen LogP contribution is -2.29. The van der Waals surface area contributed by atoms with Gasteiger partial charge < -0.3 is 10.3 Å². The normalized spacial score (nSPS) is 17.8. The molecule has 1 saturated heterocycles. The molecule has 1 aliphatic rings. The van der Waals surface area contributed by atoms with Crippen LogP contribution in [0.2, 0.25) is 0 Å².